The zero-order valence-electron chi connectivity index (χ0n) is 18.7. The number of hydrogen-bond acceptors (Lipinski definition) is 7. The van der Waals surface area contributed by atoms with Crippen molar-refractivity contribution < 1.29 is 0 Å². The van der Waals surface area contributed by atoms with Crippen LogP contribution >= 0.6 is 0 Å². The van der Waals surface area contributed by atoms with Crippen LogP contribution in [0.4, 0.5) is 11.8 Å². The summed E-state index contributed by atoms with van der Waals surface area (Å²) in [5.41, 5.74) is 16.7. The minimum atomic E-state index is 0.264. The van der Waals surface area contributed by atoms with Crippen molar-refractivity contribution in [3.8, 4) is 11.3 Å². The fourth-order valence-electron chi connectivity index (χ4n) is 4.65. The number of fused-ring (bicyclic) bond motifs is 1. The first kappa shape index (κ1) is 21.3. The maximum atomic E-state index is 6.12. The lowest BCUT2D eigenvalue weighted by atomic mass is 10.1. The first-order valence-corrected chi connectivity index (χ1v) is 11.7. The molecule has 3 heterocycles. The molecule has 3 aromatic heterocycles. The Morgan fingerprint density at radius 2 is 1.82 bits per heavy atom. The number of aromatic nitrogens is 5. The number of anilines is 2. The van der Waals surface area contributed by atoms with E-state index in [2.05, 4.69) is 49.1 Å². The number of nitrogens with zero attached hydrogens (tertiary/aromatic N) is 5. The molecule has 170 valence electrons. The van der Waals surface area contributed by atoms with Gasteiger partial charge < -0.3 is 21.4 Å². The van der Waals surface area contributed by atoms with Crippen LogP contribution in [0.15, 0.2) is 48.7 Å². The highest BCUT2D eigenvalue weighted by Gasteiger charge is 2.25. The van der Waals surface area contributed by atoms with Gasteiger partial charge in [-0.3, -0.25) is 4.98 Å². The lowest BCUT2D eigenvalue weighted by Crippen LogP contribution is -2.12. The predicted octanol–water partition coefficient (Wildman–Crippen LogP) is 4.09. The lowest BCUT2D eigenvalue weighted by Gasteiger charge is -2.16. The van der Waals surface area contributed by atoms with Crippen LogP contribution in [0.1, 0.15) is 49.5 Å². The maximum Gasteiger partial charge on any atom is 0.224 e. The van der Waals surface area contributed by atoms with Gasteiger partial charge in [0.25, 0.3) is 0 Å². The summed E-state index contributed by atoms with van der Waals surface area (Å²) in [6, 6.07) is 14.7. The Hall–Kier alpha value is -3.52. The van der Waals surface area contributed by atoms with Gasteiger partial charge in [-0.15, -0.1) is 0 Å². The molecular weight excluding hydrogens is 412 g/mol. The molecule has 1 fully saturated rings. The number of nitrogens with two attached hydrogens (primary N) is 2. The summed E-state index contributed by atoms with van der Waals surface area (Å²) in [7, 11) is 0. The fraction of sp³-hybridized carbons (Fsp3) is 0.360. The highest BCUT2D eigenvalue weighted by molar-refractivity contribution is 5.85. The number of hydrogen-bond donors (Lipinski definition) is 3. The summed E-state index contributed by atoms with van der Waals surface area (Å²) in [5, 5.41) is 3.44. The molecule has 1 saturated carbocycles. The quantitative estimate of drug-likeness (QED) is 0.376. The van der Waals surface area contributed by atoms with E-state index in [1.165, 1.54) is 12.8 Å². The molecule has 0 amide bonds. The van der Waals surface area contributed by atoms with Crippen LogP contribution in [-0.2, 0) is 13.0 Å². The Balaban J connectivity index is 1.42. The number of nitrogens with one attached hydrogen (secondary N) is 1. The van der Waals surface area contributed by atoms with Crippen LogP contribution in [0.3, 0.4) is 0 Å². The van der Waals surface area contributed by atoms with Gasteiger partial charge in [0.1, 0.15) is 5.82 Å². The molecule has 1 aliphatic rings. The molecular formula is C25H30N8. The van der Waals surface area contributed by atoms with E-state index >= 15 is 0 Å². The van der Waals surface area contributed by atoms with E-state index in [9.17, 15) is 0 Å². The molecule has 0 bridgehead atoms. The molecule has 0 spiro atoms. The Morgan fingerprint density at radius 1 is 1.00 bits per heavy atom. The number of rotatable bonds is 8. The van der Waals surface area contributed by atoms with Crippen LogP contribution in [0, 0.1) is 0 Å². The third-order valence-corrected chi connectivity index (χ3v) is 6.30. The average Bonchev–Trinajstić information content (AvgIpc) is 3.49. The molecule has 0 aliphatic heterocycles. The molecule has 0 saturated heterocycles. The molecule has 1 aliphatic carbocycles. The van der Waals surface area contributed by atoms with Gasteiger partial charge in [-0.2, -0.15) is 9.97 Å². The van der Waals surface area contributed by atoms with Crippen molar-refractivity contribution in [1.82, 2.24) is 24.5 Å². The molecule has 1 aromatic carbocycles. The van der Waals surface area contributed by atoms with Gasteiger partial charge in [-0.1, -0.05) is 43.2 Å². The largest absolute Gasteiger partial charge is 0.368 e. The molecule has 4 aromatic rings. The molecule has 8 nitrogen and oxygen atoms in total. The van der Waals surface area contributed by atoms with Crippen molar-refractivity contribution in [3.63, 3.8) is 0 Å². The highest BCUT2D eigenvalue weighted by Crippen LogP contribution is 2.35. The van der Waals surface area contributed by atoms with E-state index in [4.69, 9.17) is 16.5 Å². The summed E-state index contributed by atoms with van der Waals surface area (Å²) >= 11 is 0. The van der Waals surface area contributed by atoms with Crippen LogP contribution in [0.5, 0.6) is 0 Å². The third kappa shape index (κ3) is 4.52. The van der Waals surface area contributed by atoms with E-state index in [0.717, 1.165) is 59.5 Å². The molecule has 33 heavy (non-hydrogen) atoms. The van der Waals surface area contributed by atoms with E-state index in [0.29, 0.717) is 24.9 Å². The molecule has 5 N–H and O–H groups in total. The molecule has 0 atom stereocenters. The topological polar surface area (TPSA) is 121 Å². The second kappa shape index (κ2) is 9.54. The van der Waals surface area contributed by atoms with Crippen molar-refractivity contribution in [1.29, 1.82) is 0 Å². The van der Waals surface area contributed by atoms with Gasteiger partial charge in [0.05, 0.1) is 5.69 Å². The van der Waals surface area contributed by atoms with Crippen molar-refractivity contribution >= 4 is 22.9 Å². The summed E-state index contributed by atoms with van der Waals surface area (Å²) in [6.07, 6.45) is 8.30. The second-order valence-electron chi connectivity index (χ2n) is 8.60. The Bertz CT molecular complexity index is 1210. The van der Waals surface area contributed by atoms with E-state index in [1.54, 1.807) is 0 Å². The molecule has 0 radical (unpaired) electrons. The van der Waals surface area contributed by atoms with Crippen LogP contribution in [0.25, 0.3) is 22.4 Å². The van der Waals surface area contributed by atoms with E-state index in [1.807, 2.05) is 24.4 Å². The summed E-state index contributed by atoms with van der Waals surface area (Å²) in [5.74, 6) is 1.97. The molecule has 8 heteroatoms. The van der Waals surface area contributed by atoms with Crippen LogP contribution in [-0.4, -0.2) is 31.0 Å². The Labute approximate surface area is 193 Å². The van der Waals surface area contributed by atoms with Gasteiger partial charge in [-0.25, -0.2) is 4.98 Å². The van der Waals surface area contributed by atoms with Gasteiger partial charge in [-0.05, 0) is 43.5 Å². The average molecular weight is 443 g/mol. The van der Waals surface area contributed by atoms with Gasteiger partial charge >= 0.3 is 0 Å². The summed E-state index contributed by atoms with van der Waals surface area (Å²) in [6.45, 7) is 1.25. The Morgan fingerprint density at radius 3 is 2.55 bits per heavy atom. The van der Waals surface area contributed by atoms with E-state index in [-0.39, 0.29) is 5.95 Å². The first-order chi connectivity index (χ1) is 16.2. The first-order valence-electron chi connectivity index (χ1n) is 11.7. The van der Waals surface area contributed by atoms with Crippen LogP contribution in [0.2, 0.25) is 0 Å². The van der Waals surface area contributed by atoms with Crippen LogP contribution < -0.4 is 16.8 Å². The monoisotopic (exact) mass is 442 g/mol. The third-order valence-electron chi connectivity index (χ3n) is 6.30. The predicted molar refractivity (Wildman–Crippen MR) is 132 cm³/mol. The van der Waals surface area contributed by atoms with Gasteiger partial charge in [0.15, 0.2) is 17.0 Å². The zero-order chi connectivity index (χ0) is 22.6. The molecule has 5 rings (SSSR count). The van der Waals surface area contributed by atoms with Crippen molar-refractivity contribution in [3.05, 3.63) is 60.0 Å². The minimum absolute atomic E-state index is 0.264. The van der Waals surface area contributed by atoms with Crippen molar-refractivity contribution in [2.24, 2.45) is 5.73 Å². The second-order valence-corrected chi connectivity index (χ2v) is 8.60. The SMILES string of the molecule is NCCCc1nc2c(NCc3ccc(-c4ccccn4)cc3)nc(N)nc2n1C1CCCC1. The summed E-state index contributed by atoms with van der Waals surface area (Å²) in [4.78, 5) is 18.5. The number of pyridine rings is 1. The number of nitrogen functional groups attached to an aromatic ring is 1. The normalized spacial score (nSPS) is 14.2. The lowest BCUT2D eigenvalue weighted by molar-refractivity contribution is 0.504. The van der Waals surface area contributed by atoms with Crippen molar-refractivity contribution in [2.75, 3.05) is 17.6 Å². The van der Waals surface area contributed by atoms with E-state index < -0.39 is 0 Å². The highest BCUT2D eigenvalue weighted by atomic mass is 15.2. The van der Waals surface area contributed by atoms with Crippen molar-refractivity contribution in [2.45, 2.75) is 51.1 Å². The number of benzene rings is 1. The summed E-state index contributed by atoms with van der Waals surface area (Å²) < 4.78 is 2.29. The fourth-order valence-corrected chi connectivity index (χ4v) is 4.65. The Kier molecular flexibility index (Phi) is 6.17. The number of imidazole rings is 1. The van der Waals surface area contributed by atoms with Gasteiger partial charge in [0, 0.05) is 30.8 Å². The standard InChI is InChI=1S/C25H30N8/c26-14-5-9-21-30-22-23(31-25(27)32-24(22)33(21)19-6-1-2-7-19)29-16-17-10-12-18(13-11-17)20-8-3-4-15-28-20/h3-4,8,10-13,15,19H,1-2,5-7,9,14,16,26H2,(H3,27,29,31,32). The van der Waals surface area contributed by atoms with Gasteiger partial charge in [0.2, 0.25) is 5.95 Å². The minimum Gasteiger partial charge on any atom is -0.368 e. The smallest absolute Gasteiger partial charge is 0.224 e. The maximum absolute atomic E-state index is 6.12. The zero-order valence-corrected chi connectivity index (χ0v) is 18.7. The number of aryl methyl sites for hydroxylation is 1. The molecule has 0 unspecified atom stereocenters.